The highest BCUT2D eigenvalue weighted by Gasteiger charge is 2.03. The van der Waals surface area contributed by atoms with Crippen LogP contribution in [0.3, 0.4) is 0 Å². The maximum Gasteiger partial charge on any atom is 0.160 e. The molecule has 0 saturated heterocycles. The number of benzene rings is 1. The Morgan fingerprint density at radius 3 is 2.46 bits per heavy atom. The van der Waals surface area contributed by atoms with Gasteiger partial charge in [-0.2, -0.15) is 0 Å². The lowest BCUT2D eigenvalue weighted by Crippen LogP contribution is -2.03. The van der Waals surface area contributed by atoms with E-state index < -0.39 is 0 Å². The average Bonchev–Trinajstić information content (AvgIpc) is 2.18. The van der Waals surface area contributed by atoms with E-state index in [0.29, 0.717) is 6.54 Å². The number of ether oxygens (including phenoxy) is 2. The Kier molecular flexibility index (Phi) is 3.58. The van der Waals surface area contributed by atoms with E-state index in [1.54, 1.807) is 14.2 Å². The molecule has 0 aliphatic carbocycles. The summed E-state index contributed by atoms with van der Waals surface area (Å²) < 4.78 is 10.3. The second-order valence-corrected chi connectivity index (χ2v) is 2.73. The predicted octanol–water partition coefficient (Wildman–Crippen LogP) is 1.45. The van der Waals surface area contributed by atoms with Crippen molar-refractivity contribution >= 4 is 0 Å². The van der Waals surface area contributed by atoms with Gasteiger partial charge < -0.3 is 15.2 Å². The number of hydrogen-bond acceptors (Lipinski definition) is 3. The molecular weight excluding hydrogens is 166 g/mol. The molecule has 0 saturated carbocycles. The minimum absolute atomic E-state index is 0. The summed E-state index contributed by atoms with van der Waals surface area (Å²) >= 11 is 0. The van der Waals surface area contributed by atoms with Crippen molar-refractivity contribution in [1.82, 2.24) is 0 Å². The van der Waals surface area contributed by atoms with E-state index in [-0.39, 0.29) is 1.43 Å². The van der Waals surface area contributed by atoms with Crippen molar-refractivity contribution < 1.29 is 10.9 Å². The van der Waals surface area contributed by atoms with Gasteiger partial charge in [0.25, 0.3) is 0 Å². The third kappa shape index (κ3) is 2.36. The molecule has 1 rings (SSSR count). The van der Waals surface area contributed by atoms with Gasteiger partial charge in [0.2, 0.25) is 0 Å². The summed E-state index contributed by atoms with van der Waals surface area (Å²) in [5, 5.41) is 0. The van der Waals surface area contributed by atoms with Crippen molar-refractivity contribution in [3.05, 3.63) is 23.8 Å². The lowest BCUT2D eigenvalue weighted by molar-refractivity contribution is 0.354. The van der Waals surface area contributed by atoms with E-state index in [1.165, 1.54) is 5.56 Å². The number of methoxy groups -OCH3 is 2. The Morgan fingerprint density at radius 2 is 1.92 bits per heavy atom. The van der Waals surface area contributed by atoms with Crippen LogP contribution < -0.4 is 15.2 Å². The van der Waals surface area contributed by atoms with E-state index in [0.717, 1.165) is 17.9 Å². The molecule has 0 radical (unpaired) electrons. The SMILES string of the molecule is COc1ccc(CCN)cc1OC.[HH]. The molecule has 0 spiro atoms. The molecule has 13 heavy (non-hydrogen) atoms. The van der Waals surface area contributed by atoms with Crippen LogP contribution in [0.2, 0.25) is 0 Å². The minimum Gasteiger partial charge on any atom is -0.493 e. The number of rotatable bonds is 4. The third-order valence-electron chi connectivity index (χ3n) is 1.88. The lowest BCUT2D eigenvalue weighted by Gasteiger charge is -2.08. The molecule has 0 aliphatic heterocycles. The zero-order valence-electron chi connectivity index (χ0n) is 8.04. The molecule has 0 bridgehead atoms. The van der Waals surface area contributed by atoms with Gasteiger partial charge in [0.05, 0.1) is 14.2 Å². The van der Waals surface area contributed by atoms with Gasteiger partial charge >= 0.3 is 0 Å². The van der Waals surface area contributed by atoms with Gasteiger partial charge in [0, 0.05) is 1.43 Å². The fraction of sp³-hybridized carbons (Fsp3) is 0.400. The van der Waals surface area contributed by atoms with Crippen molar-refractivity contribution in [2.24, 2.45) is 5.73 Å². The van der Waals surface area contributed by atoms with Crippen LogP contribution in [0.4, 0.5) is 0 Å². The molecule has 3 heteroatoms. The number of nitrogens with two attached hydrogens (primary N) is 1. The van der Waals surface area contributed by atoms with Crippen molar-refractivity contribution in [1.29, 1.82) is 0 Å². The van der Waals surface area contributed by atoms with Crippen molar-refractivity contribution in [2.75, 3.05) is 20.8 Å². The van der Waals surface area contributed by atoms with Crippen LogP contribution in [-0.2, 0) is 6.42 Å². The zero-order valence-corrected chi connectivity index (χ0v) is 8.04. The van der Waals surface area contributed by atoms with Gasteiger partial charge in [0.1, 0.15) is 0 Å². The van der Waals surface area contributed by atoms with Gasteiger partial charge in [-0.3, -0.25) is 0 Å². The normalized spacial score (nSPS) is 9.77. The van der Waals surface area contributed by atoms with E-state index in [2.05, 4.69) is 0 Å². The first-order chi connectivity index (χ1) is 6.31. The molecule has 74 valence electrons. The van der Waals surface area contributed by atoms with Crippen LogP contribution in [0.25, 0.3) is 0 Å². The molecule has 0 heterocycles. The minimum atomic E-state index is 0. The molecule has 0 fully saturated rings. The molecule has 0 unspecified atom stereocenters. The highest BCUT2D eigenvalue weighted by atomic mass is 16.5. The molecule has 0 amide bonds. The van der Waals surface area contributed by atoms with Crippen molar-refractivity contribution in [3.8, 4) is 11.5 Å². The molecular formula is C10H17NO2. The first kappa shape index (κ1) is 9.86. The van der Waals surface area contributed by atoms with Gasteiger partial charge in [-0.1, -0.05) is 6.07 Å². The van der Waals surface area contributed by atoms with E-state index in [9.17, 15) is 0 Å². The first-order valence-electron chi connectivity index (χ1n) is 4.22. The molecule has 3 nitrogen and oxygen atoms in total. The van der Waals surface area contributed by atoms with E-state index in [1.807, 2.05) is 18.2 Å². The predicted molar refractivity (Wildman–Crippen MR) is 54.4 cm³/mol. The quantitative estimate of drug-likeness (QED) is 0.768. The summed E-state index contributed by atoms with van der Waals surface area (Å²) in [5.41, 5.74) is 6.62. The molecule has 0 atom stereocenters. The topological polar surface area (TPSA) is 44.5 Å². The Hall–Kier alpha value is -1.22. The van der Waals surface area contributed by atoms with Crippen LogP contribution in [0.1, 0.15) is 6.99 Å². The summed E-state index contributed by atoms with van der Waals surface area (Å²) in [4.78, 5) is 0. The highest BCUT2D eigenvalue weighted by molar-refractivity contribution is 5.42. The average molecular weight is 183 g/mol. The van der Waals surface area contributed by atoms with Crippen LogP contribution in [0, 0.1) is 0 Å². The fourth-order valence-electron chi connectivity index (χ4n) is 1.20. The lowest BCUT2D eigenvalue weighted by atomic mass is 10.1. The standard InChI is InChI=1S/C10H15NO2.H2/c1-12-9-4-3-8(5-6-11)7-10(9)13-2;/h3-4,7H,5-6,11H2,1-2H3;1H. The Labute approximate surface area is 79.9 Å². The summed E-state index contributed by atoms with van der Waals surface area (Å²) in [6.07, 6.45) is 0.861. The monoisotopic (exact) mass is 183 g/mol. The molecule has 2 N–H and O–H groups in total. The first-order valence-corrected chi connectivity index (χ1v) is 4.22. The Balaban J connectivity index is 0.00000169. The van der Waals surface area contributed by atoms with E-state index in [4.69, 9.17) is 15.2 Å². The van der Waals surface area contributed by atoms with Crippen molar-refractivity contribution in [2.45, 2.75) is 6.42 Å². The van der Waals surface area contributed by atoms with Crippen LogP contribution >= 0.6 is 0 Å². The van der Waals surface area contributed by atoms with Gasteiger partial charge in [-0.25, -0.2) is 0 Å². The number of hydrogen-bond donors (Lipinski definition) is 1. The smallest absolute Gasteiger partial charge is 0.160 e. The highest BCUT2D eigenvalue weighted by Crippen LogP contribution is 2.27. The van der Waals surface area contributed by atoms with Crippen LogP contribution in [-0.4, -0.2) is 20.8 Å². The summed E-state index contributed by atoms with van der Waals surface area (Å²) in [7, 11) is 3.25. The second kappa shape index (κ2) is 4.72. The zero-order chi connectivity index (χ0) is 9.68. The molecule has 1 aromatic rings. The molecule has 1 aromatic carbocycles. The summed E-state index contributed by atoms with van der Waals surface area (Å²) in [6.45, 7) is 0.648. The maximum absolute atomic E-state index is 5.45. The summed E-state index contributed by atoms with van der Waals surface area (Å²) in [6, 6.07) is 5.84. The maximum atomic E-state index is 5.45. The Bertz CT molecular complexity index is 279. The van der Waals surface area contributed by atoms with E-state index >= 15 is 0 Å². The van der Waals surface area contributed by atoms with Gasteiger partial charge in [-0.05, 0) is 30.7 Å². The molecule has 0 aliphatic rings. The third-order valence-corrected chi connectivity index (χ3v) is 1.88. The fourth-order valence-corrected chi connectivity index (χ4v) is 1.20. The van der Waals surface area contributed by atoms with Gasteiger partial charge in [-0.15, -0.1) is 0 Å². The summed E-state index contributed by atoms with van der Waals surface area (Å²) in [5.74, 6) is 1.51. The van der Waals surface area contributed by atoms with Crippen molar-refractivity contribution in [3.63, 3.8) is 0 Å². The van der Waals surface area contributed by atoms with Gasteiger partial charge in [0.15, 0.2) is 11.5 Å². The second-order valence-electron chi connectivity index (χ2n) is 2.73. The van der Waals surface area contributed by atoms with Crippen LogP contribution in [0.5, 0.6) is 11.5 Å². The largest absolute Gasteiger partial charge is 0.493 e. The molecule has 0 aromatic heterocycles. The Morgan fingerprint density at radius 1 is 1.23 bits per heavy atom. The van der Waals surface area contributed by atoms with Crippen LogP contribution in [0.15, 0.2) is 18.2 Å².